The fraction of sp³-hybridized carbons (Fsp3) is 0.500. The van der Waals surface area contributed by atoms with Gasteiger partial charge >= 0.3 is 0 Å². The fourth-order valence-electron chi connectivity index (χ4n) is 4.99. The molecule has 0 radical (unpaired) electrons. The van der Waals surface area contributed by atoms with Gasteiger partial charge in [-0.25, -0.2) is 9.97 Å². The number of aromatic nitrogens is 4. The van der Waals surface area contributed by atoms with E-state index in [1.165, 1.54) is 5.56 Å². The van der Waals surface area contributed by atoms with Gasteiger partial charge in [0.1, 0.15) is 11.6 Å². The van der Waals surface area contributed by atoms with Gasteiger partial charge in [-0.15, -0.1) is 0 Å². The van der Waals surface area contributed by atoms with E-state index in [1.54, 1.807) is 0 Å². The number of nitrogens with one attached hydrogen (secondary N) is 1. The number of imidazole rings is 1. The molecular formula is C26H35N7O2. The zero-order valence-corrected chi connectivity index (χ0v) is 20.7. The molecule has 3 aromatic rings. The molecular weight excluding hydrogens is 442 g/mol. The molecule has 0 amide bonds. The Morgan fingerprint density at radius 1 is 1.23 bits per heavy atom. The maximum absolute atomic E-state index is 9.47. The summed E-state index contributed by atoms with van der Waals surface area (Å²) >= 11 is 0. The molecule has 2 N–H and O–H groups in total. The van der Waals surface area contributed by atoms with Gasteiger partial charge in [0, 0.05) is 75.1 Å². The lowest BCUT2D eigenvalue weighted by Gasteiger charge is -2.33. The molecule has 2 aliphatic heterocycles. The molecule has 0 spiro atoms. The minimum absolute atomic E-state index is 0.160. The van der Waals surface area contributed by atoms with Gasteiger partial charge in [-0.1, -0.05) is 0 Å². The lowest BCUT2D eigenvalue weighted by Crippen LogP contribution is -2.38. The van der Waals surface area contributed by atoms with E-state index in [4.69, 9.17) is 14.7 Å². The first-order valence-corrected chi connectivity index (χ1v) is 12.6. The van der Waals surface area contributed by atoms with Crippen LogP contribution in [0.1, 0.15) is 36.8 Å². The second kappa shape index (κ2) is 10.7. The van der Waals surface area contributed by atoms with E-state index in [0.29, 0.717) is 12.5 Å². The van der Waals surface area contributed by atoms with Crippen LogP contribution in [-0.4, -0.2) is 75.0 Å². The molecule has 1 fully saturated rings. The monoisotopic (exact) mass is 477 g/mol. The third kappa shape index (κ3) is 5.32. The SMILES string of the molecule is CCN(CC1CCCO1)c1nc(Nc2ccc(-n3ccnc3C)cc2)nc2c1CN(CCO)CC2. The zero-order valence-electron chi connectivity index (χ0n) is 20.7. The third-order valence-corrected chi connectivity index (χ3v) is 6.89. The molecule has 186 valence electrons. The van der Waals surface area contributed by atoms with E-state index in [9.17, 15) is 5.11 Å². The number of nitrogens with zero attached hydrogens (tertiary/aromatic N) is 6. The summed E-state index contributed by atoms with van der Waals surface area (Å²) in [7, 11) is 0. The number of benzene rings is 1. The van der Waals surface area contributed by atoms with E-state index in [1.807, 2.05) is 31.5 Å². The molecule has 1 aromatic carbocycles. The van der Waals surface area contributed by atoms with Crippen molar-refractivity contribution >= 4 is 17.5 Å². The van der Waals surface area contributed by atoms with Crippen LogP contribution >= 0.6 is 0 Å². The molecule has 0 bridgehead atoms. The molecule has 35 heavy (non-hydrogen) atoms. The van der Waals surface area contributed by atoms with E-state index >= 15 is 0 Å². The molecule has 2 aliphatic rings. The number of hydrogen-bond donors (Lipinski definition) is 2. The minimum Gasteiger partial charge on any atom is -0.395 e. The number of aryl methyl sites for hydroxylation is 1. The molecule has 1 atom stereocenters. The molecule has 2 aromatic heterocycles. The summed E-state index contributed by atoms with van der Waals surface area (Å²) in [5.41, 5.74) is 4.26. The number of aliphatic hydroxyl groups is 1. The average molecular weight is 478 g/mol. The first-order chi connectivity index (χ1) is 17.1. The van der Waals surface area contributed by atoms with Crippen LogP contribution < -0.4 is 10.2 Å². The smallest absolute Gasteiger partial charge is 0.229 e. The number of rotatable bonds is 9. The lowest BCUT2D eigenvalue weighted by atomic mass is 10.1. The maximum Gasteiger partial charge on any atom is 0.229 e. The van der Waals surface area contributed by atoms with Crippen molar-refractivity contribution in [1.82, 2.24) is 24.4 Å². The molecule has 0 saturated carbocycles. The van der Waals surface area contributed by atoms with E-state index < -0.39 is 0 Å². The van der Waals surface area contributed by atoms with Crippen LogP contribution in [0.15, 0.2) is 36.7 Å². The van der Waals surface area contributed by atoms with Crippen molar-refractivity contribution in [3.8, 4) is 5.69 Å². The Morgan fingerprint density at radius 2 is 2.09 bits per heavy atom. The van der Waals surface area contributed by atoms with Crippen LogP contribution in [0.4, 0.5) is 17.5 Å². The zero-order chi connectivity index (χ0) is 24.2. The summed E-state index contributed by atoms with van der Waals surface area (Å²) in [4.78, 5) is 18.8. The largest absolute Gasteiger partial charge is 0.395 e. The van der Waals surface area contributed by atoms with Crippen LogP contribution in [0.25, 0.3) is 5.69 Å². The Hall–Kier alpha value is -3.01. The second-order valence-corrected chi connectivity index (χ2v) is 9.24. The summed E-state index contributed by atoms with van der Waals surface area (Å²) in [5.74, 6) is 2.55. The van der Waals surface area contributed by atoms with Crippen LogP contribution in [0.3, 0.4) is 0 Å². The van der Waals surface area contributed by atoms with Gasteiger partial charge in [-0.3, -0.25) is 4.90 Å². The van der Waals surface area contributed by atoms with Crippen LogP contribution in [0, 0.1) is 6.92 Å². The summed E-state index contributed by atoms with van der Waals surface area (Å²) in [6.45, 7) is 9.16. The van der Waals surface area contributed by atoms with Crippen molar-refractivity contribution in [3.63, 3.8) is 0 Å². The number of likely N-dealkylation sites (N-methyl/N-ethyl adjacent to an activating group) is 1. The first kappa shape index (κ1) is 23.7. The van der Waals surface area contributed by atoms with Crippen molar-refractivity contribution in [2.24, 2.45) is 0 Å². The number of anilines is 3. The third-order valence-electron chi connectivity index (χ3n) is 6.89. The molecule has 4 heterocycles. The molecule has 9 nitrogen and oxygen atoms in total. The normalized spacial score (nSPS) is 18.0. The predicted octanol–water partition coefficient (Wildman–Crippen LogP) is 3.07. The number of hydrogen-bond acceptors (Lipinski definition) is 8. The Morgan fingerprint density at radius 3 is 2.77 bits per heavy atom. The Bertz CT molecular complexity index is 1130. The van der Waals surface area contributed by atoms with Crippen LogP contribution in [0.2, 0.25) is 0 Å². The quantitative estimate of drug-likeness (QED) is 0.486. The number of fused-ring (bicyclic) bond motifs is 1. The van der Waals surface area contributed by atoms with E-state index in [0.717, 1.165) is 80.8 Å². The molecule has 0 aliphatic carbocycles. The summed E-state index contributed by atoms with van der Waals surface area (Å²) in [5, 5.41) is 12.9. The van der Waals surface area contributed by atoms with Crippen molar-refractivity contribution in [2.75, 3.05) is 49.6 Å². The van der Waals surface area contributed by atoms with Gasteiger partial charge in [-0.2, -0.15) is 4.98 Å². The van der Waals surface area contributed by atoms with Gasteiger partial charge in [-0.05, 0) is 51.0 Å². The van der Waals surface area contributed by atoms with Crippen molar-refractivity contribution in [3.05, 3.63) is 53.7 Å². The highest BCUT2D eigenvalue weighted by atomic mass is 16.5. The van der Waals surface area contributed by atoms with Gasteiger partial charge < -0.3 is 24.6 Å². The Labute approximate surface area is 206 Å². The Kier molecular flexibility index (Phi) is 7.26. The summed E-state index contributed by atoms with van der Waals surface area (Å²) in [6, 6.07) is 8.23. The van der Waals surface area contributed by atoms with Crippen molar-refractivity contribution in [2.45, 2.75) is 45.8 Å². The highest BCUT2D eigenvalue weighted by Gasteiger charge is 2.27. The highest BCUT2D eigenvalue weighted by Crippen LogP contribution is 2.30. The number of β-amino-alcohol motifs (C(OH)–C–C–N with tert-alkyl or cyclic N) is 1. The van der Waals surface area contributed by atoms with Crippen LogP contribution in [0.5, 0.6) is 0 Å². The summed E-state index contributed by atoms with van der Waals surface area (Å²) in [6.07, 6.45) is 7.07. The number of aliphatic hydroxyl groups excluding tert-OH is 1. The van der Waals surface area contributed by atoms with Crippen molar-refractivity contribution in [1.29, 1.82) is 0 Å². The van der Waals surface area contributed by atoms with E-state index in [-0.39, 0.29) is 12.7 Å². The van der Waals surface area contributed by atoms with E-state index in [2.05, 4.69) is 43.7 Å². The van der Waals surface area contributed by atoms with Crippen LogP contribution in [-0.2, 0) is 17.7 Å². The second-order valence-electron chi connectivity index (χ2n) is 9.24. The fourth-order valence-corrected chi connectivity index (χ4v) is 4.99. The molecule has 1 saturated heterocycles. The van der Waals surface area contributed by atoms with Gasteiger partial charge in [0.15, 0.2) is 0 Å². The molecule has 1 unspecified atom stereocenters. The minimum atomic E-state index is 0.160. The first-order valence-electron chi connectivity index (χ1n) is 12.6. The maximum atomic E-state index is 9.47. The van der Waals surface area contributed by atoms with Gasteiger partial charge in [0.25, 0.3) is 0 Å². The summed E-state index contributed by atoms with van der Waals surface area (Å²) < 4.78 is 7.99. The average Bonchev–Trinajstić information content (AvgIpc) is 3.55. The van der Waals surface area contributed by atoms with Gasteiger partial charge in [0.2, 0.25) is 5.95 Å². The van der Waals surface area contributed by atoms with Crippen molar-refractivity contribution < 1.29 is 9.84 Å². The molecule has 9 heteroatoms. The predicted molar refractivity (Wildman–Crippen MR) is 137 cm³/mol. The molecule has 5 rings (SSSR count). The topological polar surface area (TPSA) is 91.6 Å². The Balaban J connectivity index is 1.42. The lowest BCUT2D eigenvalue weighted by molar-refractivity contribution is 0.115. The van der Waals surface area contributed by atoms with Gasteiger partial charge in [0.05, 0.1) is 18.4 Å². The highest BCUT2D eigenvalue weighted by molar-refractivity contribution is 5.60. The number of ether oxygens (including phenoxy) is 1. The standard InChI is InChI=1S/C26H35N7O2/c1-3-32(17-22-5-4-16-35-22)25-23-18-31(14-15-34)12-10-24(23)29-26(30-25)28-20-6-8-21(9-7-20)33-13-11-27-19(33)2/h6-9,11,13,22,34H,3-5,10,12,14-18H2,1-2H3,(H,28,29,30).